The van der Waals surface area contributed by atoms with Gasteiger partial charge in [-0.1, -0.05) is 79.3 Å². The van der Waals surface area contributed by atoms with Gasteiger partial charge < -0.3 is 0 Å². The summed E-state index contributed by atoms with van der Waals surface area (Å²) in [6.45, 7) is 3.89. The second-order valence-electron chi connectivity index (χ2n) is 5.82. The number of benzene rings is 2. The smallest absolute Gasteiger partial charge is 0.145 e. The second kappa shape index (κ2) is 7.63. The van der Waals surface area contributed by atoms with Gasteiger partial charge in [-0.15, -0.1) is 0 Å². The van der Waals surface area contributed by atoms with E-state index in [9.17, 15) is 4.79 Å². The number of allylic oxidation sites excluding steroid dienone is 1. The minimum absolute atomic E-state index is 0.0408. The molecule has 1 aliphatic heterocycles. The van der Waals surface area contributed by atoms with E-state index in [1.54, 1.807) is 11.8 Å². The van der Waals surface area contributed by atoms with Crippen LogP contribution in [0.2, 0.25) is 0 Å². The van der Waals surface area contributed by atoms with Crippen LogP contribution >= 0.6 is 11.8 Å². The third-order valence-corrected chi connectivity index (χ3v) is 5.26. The van der Waals surface area contributed by atoms with E-state index in [1.807, 2.05) is 38.1 Å². The predicted molar refractivity (Wildman–Crippen MR) is 104 cm³/mol. The number of carbonyl (C=O) groups is 1. The molecule has 1 heterocycles. The van der Waals surface area contributed by atoms with E-state index in [4.69, 9.17) is 4.99 Å². The summed E-state index contributed by atoms with van der Waals surface area (Å²) in [7, 11) is 0. The Morgan fingerprint density at radius 3 is 2.21 bits per heavy atom. The fourth-order valence-corrected chi connectivity index (χ4v) is 3.88. The molecule has 0 radical (unpaired) electrons. The molecule has 1 unspecified atom stereocenters. The predicted octanol–water partition coefficient (Wildman–Crippen LogP) is 5.46. The maximum absolute atomic E-state index is 11.9. The number of hydrogen-bond acceptors (Lipinski definition) is 3. The van der Waals surface area contributed by atoms with E-state index in [0.717, 1.165) is 22.7 Å². The van der Waals surface area contributed by atoms with Gasteiger partial charge in [0.15, 0.2) is 0 Å². The highest BCUT2D eigenvalue weighted by Crippen LogP contribution is 2.38. The highest BCUT2D eigenvalue weighted by molar-refractivity contribution is 8.15. The van der Waals surface area contributed by atoms with Crippen molar-refractivity contribution >= 4 is 33.9 Å². The van der Waals surface area contributed by atoms with Gasteiger partial charge in [-0.2, -0.15) is 0 Å². The molecule has 3 rings (SSSR count). The molecule has 0 aromatic heterocycles. The monoisotopic (exact) mass is 335 g/mol. The molecule has 0 amide bonds. The molecule has 122 valence electrons. The first-order valence-corrected chi connectivity index (χ1v) is 9.18. The molecule has 0 bridgehead atoms. The summed E-state index contributed by atoms with van der Waals surface area (Å²) >= 11 is 1.60. The Morgan fingerprint density at radius 1 is 1.04 bits per heavy atom. The Bertz CT molecular complexity index is 778. The van der Waals surface area contributed by atoms with Gasteiger partial charge in [0.25, 0.3) is 0 Å². The maximum atomic E-state index is 11.9. The van der Waals surface area contributed by atoms with Gasteiger partial charge in [0.05, 0.1) is 16.0 Å². The molecule has 0 fully saturated rings. The summed E-state index contributed by atoms with van der Waals surface area (Å²) in [5.74, 6) is 0.275. The summed E-state index contributed by atoms with van der Waals surface area (Å²) in [6.07, 6.45) is 1.37. The maximum Gasteiger partial charge on any atom is 0.145 e. The number of nitrogens with zero attached hydrogens (tertiary/aromatic N) is 1. The molecule has 24 heavy (non-hydrogen) atoms. The Labute approximate surface area is 147 Å². The Morgan fingerprint density at radius 2 is 1.62 bits per heavy atom. The van der Waals surface area contributed by atoms with Crippen LogP contribution in [-0.4, -0.2) is 16.1 Å². The van der Waals surface area contributed by atoms with Crippen LogP contribution in [0.5, 0.6) is 0 Å². The van der Waals surface area contributed by atoms with Gasteiger partial charge in [0.2, 0.25) is 0 Å². The molecular formula is C21H21NOS. The molecule has 2 aromatic rings. The second-order valence-corrected chi connectivity index (χ2v) is 7.24. The third-order valence-electron chi connectivity index (χ3n) is 4.13. The van der Waals surface area contributed by atoms with Crippen LogP contribution in [0.3, 0.4) is 0 Å². The zero-order valence-electron chi connectivity index (χ0n) is 14.0. The Balaban J connectivity index is 1.93. The van der Waals surface area contributed by atoms with Crippen molar-refractivity contribution in [1.29, 1.82) is 0 Å². The first-order chi connectivity index (χ1) is 11.7. The van der Waals surface area contributed by atoms with Crippen LogP contribution in [0.1, 0.15) is 37.8 Å². The van der Waals surface area contributed by atoms with Crippen molar-refractivity contribution in [3.05, 3.63) is 71.8 Å². The van der Waals surface area contributed by atoms with E-state index >= 15 is 0 Å². The van der Waals surface area contributed by atoms with E-state index in [2.05, 4.69) is 36.4 Å². The molecule has 1 atom stereocenters. The van der Waals surface area contributed by atoms with Gasteiger partial charge in [-0.25, -0.2) is 4.99 Å². The van der Waals surface area contributed by atoms with Crippen molar-refractivity contribution in [2.45, 2.75) is 31.9 Å². The molecule has 3 heteroatoms. The number of carbonyl (C=O) groups excluding carboxylic acids is 1. The van der Waals surface area contributed by atoms with Gasteiger partial charge in [-0.3, -0.25) is 4.79 Å². The summed E-state index contributed by atoms with van der Waals surface area (Å²) in [5.41, 5.74) is 4.59. The largest absolute Gasteiger partial charge is 0.298 e. The molecule has 2 nitrogen and oxygen atoms in total. The lowest BCUT2D eigenvalue weighted by Gasteiger charge is -2.09. The number of hydrogen-bond donors (Lipinski definition) is 0. The SMILES string of the molecule is CCC(=O)C(C)SC1=NC(c2ccccc2)=C(c2ccccc2)C1. The van der Waals surface area contributed by atoms with Crippen molar-refractivity contribution in [3.8, 4) is 0 Å². The molecule has 2 aromatic carbocycles. The Hall–Kier alpha value is -2.13. The first-order valence-electron chi connectivity index (χ1n) is 8.30. The van der Waals surface area contributed by atoms with Crippen molar-refractivity contribution in [3.63, 3.8) is 0 Å². The van der Waals surface area contributed by atoms with E-state index in [1.165, 1.54) is 11.1 Å². The van der Waals surface area contributed by atoms with Crippen molar-refractivity contribution in [2.24, 2.45) is 4.99 Å². The molecule has 0 aliphatic carbocycles. The standard InChI is InChI=1S/C21H21NOS/c1-3-19(23)15(2)24-20-14-18(16-10-6-4-7-11-16)21(22-20)17-12-8-5-9-13-17/h4-13,15H,3,14H2,1-2H3. The van der Waals surface area contributed by atoms with Crippen LogP contribution in [0, 0.1) is 0 Å². The van der Waals surface area contributed by atoms with Crippen molar-refractivity contribution in [2.75, 3.05) is 0 Å². The number of thioether (sulfide) groups is 1. The van der Waals surface area contributed by atoms with E-state index in [-0.39, 0.29) is 11.0 Å². The minimum Gasteiger partial charge on any atom is -0.298 e. The van der Waals surface area contributed by atoms with Crippen LogP contribution in [0.4, 0.5) is 0 Å². The Kier molecular flexibility index (Phi) is 5.31. The summed E-state index contributed by atoms with van der Waals surface area (Å²) in [4.78, 5) is 16.8. The average Bonchev–Trinajstić information content (AvgIpc) is 3.06. The summed E-state index contributed by atoms with van der Waals surface area (Å²) in [5, 5.41) is 0.989. The van der Waals surface area contributed by atoms with Crippen LogP contribution < -0.4 is 0 Å². The van der Waals surface area contributed by atoms with Crippen LogP contribution in [0.25, 0.3) is 11.3 Å². The van der Waals surface area contributed by atoms with Gasteiger partial charge in [0.1, 0.15) is 5.78 Å². The first kappa shape index (κ1) is 16.7. The van der Waals surface area contributed by atoms with Crippen molar-refractivity contribution < 1.29 is 4.79 Å². The highest BCUT2D eigenvalue weighted by atomic mass is 32.2. The highest BCUT2D eigenvalue weighted by Gasteiger charge is 2.23. The molecule has 0 saturated heterocycles. The van der Waals surface area contributed by atoms with Gasteiger partial charge >= 0.3 is 0 Å². The number of ketones is 1. The van der Waals surface area contributed by atoms with Gasteiger partial charge in [0, 0.05) is 18.4 Å². The quantitative estimate of drug-likeness (QED) is 0.726. The zero-order chi connectivity index (χ0) is 16.9. The summed E-state index contributed by atoms with van der Waals surface area (Å²) < 4.78 is 0. The number of Topliss-reactive ketones (excluding diaryl/α,β-unsaturated/α-hetero) is 1. The van der Waals surface area contributed by atoms with Crippen molar-refractivity contribution in [1.82, 2.24) is 0 Å². The normalized spacial score (nSPS) is 15.3. The fraction of sp³-hybridized carbons (Fsp3) is 0.238. The van der Waals surface area contributed by atoms with E-state index in [0.29, 0.717) is 6.42 Å². The van der Waals surface area contributed by atoms with Crippen LogP contribution in [-0.2, 0) is 4.79 Å². The molecule has 0 saturated carbocycles. The summed E-state index contributed by atoms with van der Waals surface area (Å²) in [6, 6.07) is 20.7. The lowest BCUT2D eigenvalue weighted by atomic mass is 9.99. The minimum atomic E-state index is -0.0408. The number of aliphatic imine (C=N–C) groups is 1. The van der Waals surface area contributed by atoms with Crippen LogP contribution in [0.15, 0.2) is 65.7 Å². The zero-order valence-corrected chi connectivity index (χ0v) is 14.8. The molecule has 0 N–H and O–H groups in total. The lowest BCUT2D eigenvalue weighted by molar-refractivity contribution is -0.117. The van der Waals surface area contributed by atoms with Gasteiger partial charge in [-0.05, 0) is 18.1 Å². The molecule has 1 aliphatic rings. The third kappa shape index (κ3) is 3.68. The average molecular weight is 335 g/mol. The topological polar surface area (TPSA) is 29.4 Å². The fourth-order valence-electron chi connectivity index (χ4n) is 2.80. The molecule has 0 spiro atoms. The lowest BCUT2D eigenvalue weighted by Crippen LogP contribution is -2.13. The molecular weight excluding hydrogens is 314 g/mol. The van der Waals surface area contributed by atoms with E-state index < -0.39 is 0 Å². The number of rotatable bonds is 5.